The van der Waals surface area contributed by atoms with E-state index in [0.717, 1.165) is 30.2 Å². The van der Waals surface area contributed by atoms with Crippen LogP contribution in [0.25, 0.3) is 0 Å². The predicted molar refractivity (Wildman–Crippen MR) is 80.2 cm³/mol. The van der Waals surface area contributed by atoms with Crippen LogP contribution >= 0.6 is 0 Å². The molecular weight excluding hydrogens is 270 g/mol. The Hall–Kier alpha value is -1.81. The third-order valence-electron chi connectivity index (χ3n) is 3.42. The number of benzene rings is 1. The Bertz CT molecular complexity index is 626. The summed E-state index contributed by atoms with van der Waals surface area (Å²) in [5.41, 5.74) is 2.79. The van der Waals surface area contributed by atoms with Gasteiger partial charge in [-0.25, -0.2) is 8.78 Å². The van der Waals surface area contributed by atoms with Gasteiger partial charge < -0.3 is 5.32 Å². The molecule has 2 nitrogen and oxygen atoms in total. The van der Waals surface area contributed by atoms with Crippen LogP contribution in [0.4, 0.5) is 8.78 Å². The summed E-state index contributed by atoms with van der Waals surface area (Å²) in [7, 11) is 0. The van der Waals surface area contributed by atoms with Crippen LogP contribution in [0, 0.1) is 25.5 Å². The highest BCUT2D eigenvalue weighted by Gasteiger charge is 2.19. The summed E-state index contributed by atoms with van der Waals surface area (Å²) in [6.45, 7) is 6.38. The molecule has 0 saturated carbocycles. The van der Waals surface area contributed by atoms with Gasteiger partial charge in [0.25, 0.3) is 0 Å². The van der Waals surface area contributed by atoms with E-state index in [1.165, 1.54) is 0 Å². The molecule has 21 heavy (non-hydrogen) atoms. The second-order valence-electron chi connectivity index (χ2n) is 5.31. The van der Waals surface area contributed by atoms with Gasteiger partial charge in [0, 0.05) is 24.0 Å². The van der Waals surface area contributed by atoms with Crippen LogP contribution in [-0.2, 0) is 0 Å². The fourth-order valence-corrected chi connectivity index (χ4v) is 2.33. The first-order valence-electron chi connectivity index (χ1n) is 7.13. The molecule has 0 aliphatic rings. The molecule has 0 bridgehead atoms. The highest BCUT2D eigenvalue weighted by molar-refractivity contribution is 5.35. The molecule has 0 amide bonds. The first kappa shape index (κ1) is 15.6. The van der Waals surface area contributed by atoms with Gasteiger partial charge in [-0.2, -0.15) is 0 Å². The van der Waals surface area contributed by atoms with E-state index >= 15 is 0 Å². The largest absolute Gasteiger partial charge is 0.306 e. The van der Waals surface area contributed by atoms with Gasteiger partial charge in [0.1, 0.15) is 11.6 Å². The van der Waals surface area contributed by atoms with E-state index in [-0.39, 0.29) is 6.04 Å². The van der Waals surface area contributed by atoms with Crippen molar-refractivity contribution in [2.75, 3.05) is 6.54 Å². The van der Waals surface area contributed by atoms with Gasteiger partial charge in [-0.15, -0.1) is 0 Å². The van der Waals surface area contributed by atoms with E-state index in [9.17, 15) is 8.78 Å². The number of pyridine rings is 1. The average Bonchev–Trinajstić information content (AvgIpc) is 2.44. The maximum atomic E-state index is 14.2. The second-order valence-corrected chi connectivity index (χ2v) is 5.31. The average molecular weight is 290 g/mol. The monoisotopic (exact) mass is 290 g/mol. The van der Waals surface area contributed by atoms with E-state index in [2.05, 4.69) is 10.3 Å². The second kappa shape index (κ2) is 6.76. The van der Waals surface area contributed by atoms with E-state index in [4.69, 9.17) is 0 Å². The van der Waals surface area contributed by atoms with Gasteiger partial charge in [0.15, 0.2) is 0 Å². The fraction of sp³-hybridized carbons (Fsp3) is 0.353. The Morgan fingerprint density at radius 2 is 1.86 bits per heavy atom. The van der Waals surface area contributed by atoms with Crippen molar-refractivity contribution in [3.05, 3.63) is 64.5 Å². The van der Waals surface area contributed by atoms with Gasteiger partial charge in [-0.3, -0.25) is 4.98 Å². The van der Waals surface area contributed by atoms with Crippen molar-refractivity contribution in [3.8, 4) is 0 Å². The number of aryl methyl sites for hydroxylation is 2. The Kier molecular flexibility index (Phi) is 5.02. The van der Waals surface area contributed by atoms with Crippen LogP contribution in [0.1, 0.15) is 41.6 Å². The lowest BCUT2D eigenvalue weighted by molar-refractivity contribution is 0.529. The number of aromatic nitrogens is 1. The topological polar surface area (TPSA) is 24.9 Å². The summed E-state index contributed by atoms with van der Waals surface area (Å²) in [5, 5.41) is 3.31. The molecule has 2 rings (SSSR count). The molecule has 1 unspecified atom stereocenters. The van der Waals surface area contributed by atoms with E-state index in [0.29, 0.717) is 11.1 Å². The first-order valence-corrected chi connectivity index (χ1v) is 7.13. The number of rotatable bonds is 5. The van der Waals surface area contributed by atoms with Crippen LogP contribution in [0.5, 0.6) is 0 Å². The van der Waals surface area contributed by atoms with Gasteiger partial charge in [0.2, 0.25) is 0 Å². The summed E-state index contributed by atoms with van der Waals surface area (Å²) in [4.78, 5) is 4.17. The Labute approximate surface area is 124 Å². The molecule has 0 aliphatic carbocycles. The number of hydrogen-bond acceptors (Lipinski definition) is 2. The van der Waals surface area contributed by atoms with Gasteiger partial charge in [0.05, 0.1) is 6.04 Å². The Morgan fingerprint density at radius 1 is 1.10 bits per heavy atom. The summed E-state index contributed by atoms with van der Waals surface area (Å²) < 4.78 is 27.7. The highest BCUT2D eigenvalue weighted by atomic mass is 19.1. The zero-order valence-corrected chi connectivity index (χ0v) is 12.6. The molecule has 4 heteroatoms. The minimum Gasteiger partial charge on any atom is -0.306 e. The number of halogens is 2. The van der Waals surface area contributed by atoms with Gasteiger partial charge in [-0.05, 0) is 49.6 Å². The van der Waals surface area contributed by atoms with Crippen molar-refractivity contribution in [3.63, 3.8) is 0 Å². The van der Waals surface area contributed by atoms with Crippen LogP contribution in [0.2, 0.25) is 0 Å². The summed E-state index contributed by atoms with van der Waals surface area (Å²) in [5.74, 6) is -1.05. The van der Waals surface area contributed by atoms with Crippen LogP contribution in [0.3, 0.4) is 0 Å². The van der Waals surface area contributed by atoms with Crippen LogP contribution in [0.15, 0.2) is 30.6 Å². The van der Waals surface area contributed by atoms with E-state index < -0.39 is 11.6 Å². The lowest BCUT2D eigenvalue weighted by Crippen LogP contribution is -2.24. The third kappa shape index (κ3) is 3.64. The standard InChI is InChI=1S/C17H20F2N2/c1-4-5-21-17(13-6-11(2)9-20-10-13)14-7-12(3)15(18)8-16(14)19/h6-10,17,21H,4-5H2,1-3H3. The molecule has 1 heterocycles. The molecular formula is C17H20F2N2. The van der Waals surface area contributed by atoms with E-state index in [1.54, 1.807) is 25.4 Å². The number of nitrogens with zero attached hydrogens (tertiary/aromatic N) is 1. The molecule has 112 valence electrons. The molecule has 1 atom stereocenters. The molecule has 0 fully saturated rings. The maximum absolute atomic E-state index is 14.2. The summed E-state index contributed by atoms with van der Waals surface area (Å²) in [6.07, 6.45) is 4.41. The van der Waals surface area contributed by atoms with Crippen molar-refractivity contribution in [1.29, 1.82) is 0 Å². The van der Waals surface area contributed by atoms with Crippen molar-refractivity contribution in [2.45, 2.75) is 33.2 Å². The lowest BCUT2D eigenvalue weighted by atomic mass is 9.96. The van der Waals surface area contributed by atoms with E-state index in [1.807, 2.05) is 19.9 Å². The van der Waals surface area contributed by atoms with Crippen molar-refractivity contribution < 1.29 is 8.78 Å². The molecule has 2 aromatic rings. The third-order valence-corrected chi connectivity index (χ3v) is 3.42. The molecule has 0 aliphatic heterocycles. The van der Waals surface area contributed by atoms with Crippen LogP contribution in [-0.4, -0.2) is 11.5 Å². The predicted octanol–water partition coefficient (Wildman–Crippen LogP) is 4.07. The molecule has 0 spiro atoms. The number of hydrogen-bond donors (Lipinski definition) is 1. The lowest BCUT2D eigenvalue weighted by Gasteiger charge is -2.21. The fourth-order valence-electron chi connectivity index (χ4n) is 2.33. The zero-order valence-electron chi connectivity index (χ0n) is 12.6. The maximum Gasteiger partial charge on any atom is 0.131 e. The van der Waals surface area contributed by atoms with Crippen molar-refractivity contribution in [2.24, 2.45) is 0 Å². The Morgan fingerprint density at radius 3 is 2.52 bits per heavy atom. The van der Waals surface area contributed by atoms with Gasteiger partial charge in [-0.1, -0.05) is 13.0 Å². The van der Waals surface area contributed by atoms with Crippen molar-refractivity contribution in [1.82, 2.24) is 10.3 Å². The zero-order chi connectivity index (χ0) is 15.4. The first-order chi connectivity index (χ1) is 10.0. The quantitative estimate of drug-likeness (QED) is 0.898. The van der Waals surface area contributed by atoms with Crippen LogP contribution < -0.4 is 5.32 Å². The minimum absolute atomic E-state index is 0.323. The SMILES string of the molecule is CCCNC(c1cncc(C)c1)c1cc(C)c(F)cc1F. The van der Waals surface area contributed by atoms with Crippen molar-refractivity contribution >= 4 is 0 Å². The molecule has 1 aromatic heterocycles. The minimum atomic E-state index is -0.534. The molecule has 0 radical (unpaired) electrons. The smallest absolute Gasteiger partial charge is 0.131 e. The molecule has 1 N–H and O–H groups in total. The normalized spacial score (nSPS) is 12.4. The Balaban J connectivity index is 2.47. The summed E-state index contributed by atoms with van der Waals surface area (Å²) in [6, 6.07) is 4.17. The highest BCUT2D eigenvalue weighted by Crippen LogP contribution is 2.26. The number of nitrogens with one attached hydrogen (secondary N) is 1. The van der Waals surface area contributed by atoms with Gasteiger partial charge >= 0.3 is 0 Å². The summed E-state index contributed by atoms with van der Waals surface area (Å²) >= 11 is 0. The molecule has 0 saturated heterocycles. The molecule has 1 aromatic carbocycles.